The standard InChI is InChI=1S/C16H20N4OS/c1-9-7-10(2)18-15(17-9)13-5-6-20(8-13)16(21)14-11(3)19-12(4)22-14/h7,13H,5-6,8H2,1-4H3. The van der Waals surface area contributed by atoms with E-state index in [1.54, 1.807) is 0 Å². The summed E-state index contributed by atoms with van der Waals surface area (Å²) in [5, 5.41) is 0.939. The van der Waals surface area contributed by atoms with Gasteiger partial charge in [-0.1, -0.05) is 0 Å². The van der Waals surface area contributed by atoms with Crippen LogP contribution in [0.4, 0.5) is 0 Å². The molecule has 1 fully saturated rings. The Balaban J connectivity index is 1.77. The van der Waals surface area contributed by atoms with Crippen LogP contribution < -0.4 is 0 Å². The molecule has 0 radical (unpaired) electrons. The Morgan fingerprint density at radius 3 is 2.45 bits per heavy atom. The molecule has 116 valence electrons. The summed E-state index contributed by atoms with van der Waals surface area (Å²) < 4.78 is 0. The van der Waals surface area contributed by atoms with Gasteiger partial charge < -0.3 is 4.90 Å². The normalized spacial score (nSPS) is 18.0. The minimum Gasteiger partial charge on any atom is -0.337 e. The molecule has 1 aliphatic heterocycles. The summed E-state index contributed by atoms with van der Waals surface area (Å²) in [5.41, 5.74) is 2.81. The van der Waals surface area contributed by atoms with Gasteiger partial charge in [-0.25, -0.2) is 15.0 Å². The summed E-state index contributed by atoms with van der Waals surface area (Å²) in [4.78, 5) is 28.8. The fourth-order valence-corrected chi connectivity index (χ4v) is 3.85. The van der Waals surface area contributed by atoms with Crippen molar-refractivity contribution < 1.29 is 4.79 Å². The van der Waals surface area contributed by atoms with E-state index in [9.17, 15) is 4.79 Å². The van der Waals surface area contributed by atoms with Crippen LogP contribution in [0.5, 0.6) is 0 Å². The molecule has 22 heavy (non-hydrogen) atoms. The molecular formula is C16H20N4OS. The topological polar surface area (TPSA) is 59.0 Å². The molecule has 0 aliphatic carbocycles. The number of amides is 1. The Bertz CT molecular complexity index is 705. The lowest BCUT2D eigenvalue weighted by Crippen LogP contribution is -2.28. The monoisotopic (exact) mass is 316 g/mol. The molecule has 1 aliphatic rings. The summed E-state index contributed by atoms with van der Waals surface area (Å²) in [6.45, 7) is 9.26. The smallest absolute Gasteiger partial charge is 0.265 e. The fraction of sp³-hybridized carbons (Fsp3) is 0.500. The third-order valence-corrected chi connectivity index (χ3v) is 5.00. The number of thiazole rings is 1. The molecular weight excluding hydrogens is 296 g/mol. The van der Waals surface area contributed by atoms with Crippen LogP contribution >= 0.6 is 11.3 Å². The van der Waals surface area contributed by atoms with Crippen molar-refractivity contribution >= 4 is 17.2 Å². The first kappa shape index (κ1) is 15.1. The van der Waals surface area contributed by atoms with Crippen molar-refractivity contribution in [3.05, 3.63) is 38.9 Å². The van der Waals surface area contributed by atoms with Crippen LogP contribution in [0.2, 0.25) is 0 Å². The van der Waals surface area contributed by atoms with E-state index in [2.05, 4.69) is 15.0 Å². The molecule has 2 aromatic heterocycles. The number of carbonyl (C=O) groups excluding carboxylic acids is 1. The largest absolute Gasteiger partial charge is 0.337 e. The first-order valence-corrected chi connectivity index (χ1v) is 8.31. The summed E-state index contributed by atoms with van der Waals surface area (Å²) in [6, 6.07) is 1.98. The van der Waals surface area contributed by atoms with Crippen molar-refractivity contribution in [2.24, 2.45) is 0 Å². The summed E-state index contributed by atoms with van der Waals surface area (Å²) in [6.07, 6.45) is 0.922. The highest BCUT2D eigenvalue weighted by atomic mass is 32.1. The Morgan fingerprint density at radius 2 is 1.86 bits per heavy atom. The number of aryl methyl sites for hydroxylation is 4. The first-order chi connectivity index (χ1) is 10.4. The Morgan fingerprint density at radius 1 is 1.18 bits per heavy atom. The number of hydrogen-bond acceptors (Lipinski definition) is 5. The van der Waals surface area contributed by atoms with Crippen LogP contribution in [-0.2, 0) is 0 Å². The lowest BCUT2D eigenvalue weighted by atomic mass is 10.1. The van der Waals surface area contributed by atoms with Crippen LogP contribution in [0, 0.1) is 27.7 Å². The van der Waals surface area contributed by atoms with Crippen molar-refractivity contribution in [1.29, 1.82) is 0 Å². The van der Waals surface area contributed by atoms with E-state index in [1.807, 2.05) is 38.7 Å². The predicted molar refractivity (Wildman–Crippen MR) is 86.4 cm³/mol. The van der Waals surface area contributed by atoms with Crippen molar-refractivity contribution in [2.75, 3.05) is 13.1 Å². The van der Waals surface area contributed by atoms with Gasteiger partial charge in [0, 0.05) is 30.4 Å². The van der Waals surface area contributed by atoms with Gasteiger partial charge in [0.2, 0.25) is 0 Å². The third-order valence-electron chi connectivity index (χ3n) is 3.94. The average Bonchev–Trinajstić information content (AvgIpc) is 3.03. The highest BCUT2D eigenvalue weighted by Gasteiger charge is 2.31. The van der Waals surface area contributed by atoms with Gasteiger partial charge in [-0.3, -0.25) is 4.79 Å². The molecule has 0 aromatic carbocycles. The van der Waals surface area contributed by atoms with Crippen molar-refractivity contribution in [2.45, 2.75) is 40.0 Å². The zero-order valence-corrected chi connectivity index (χ0v) is 14.2. The maximum absolute atomic E-state index is 12.6. The molecule has 3 rings (SSSR count). The molecule has 1 amide bonds. The zero-order chi connectivity index (χ0) is 15.9. The number of nitrogens with zero attached hydrogens (tertiary/aromatic N) is 4. The van der Waals surface area contributed by atoms with Gasteiger partial charge in [0.1, 0.15) is 10.7 Å². The number of rotatable bonds is 2. The minimum atomic E-state index is 0.0926. The molecule has 5 nitrogen and oxygen atoms in total. The van der Waals surface area contributed by atoms with E-state index >= 15 is 0 Å². The van der Waals surface area contributed by atoms with Gasteiger partial charge in [-0.2, -0.15) is 0 Å². The predicted octanol–water partition coefficient (Wildman–Crippen LogP) is 2.80. The molecule has 6 heteroatoms. The molecule has 3 heterocycles. The highest BCUT2D eigenvalue weighted by molar-refractivity contribution is 7.13. The molecule has 0 bridgehead atoms. The summed E-state index contributed by atoms with van der Waals surface area (Å²) >= 11 is 1.48. The Hall–Kier alpha value is -1.82. The van der Waals surface area contributed by atoms with Gasteiger partial charge >= 0.3 is 0 Å². The van der Waals surface area contributed by atoms with Gasteiger partial charge in [0.15, 0.2) is 0 Å². The second-order valence-electron chi connectivity index (χ2n) is 5.89. The van der Waals surface area contributed by atoms with E-state index < -0.39 is 0 Å². The molecule has 1 unspecified atom stereocenters. The average molecular weight is 316 g/mol. The zero-order valence-electron chi connectivity index (χ0n) is 13.4. The molecule has 1 saturated heterocycles. The lowest BCUT2D eigenvalue weighted by molar-refractivity contribution is 0.0794. The Labute approximate surface area is 134 Å². The highest BCUT2D eigenvalue weighted by Crippen LogP contribution is 2.28. The fourth-order valence-electron chi connectivity index (χ4n) is 2.96. The SMILES string of the molecule is Cc1cc(C)nc(C2CCN(C(=O)c3sc(C)nc3C)C2)n1. The van der Waals surface area contributed by atoms with E-state index in [0.717, 1.165) is 45.8 Å². The van der Waals surface area contributed by atoms with Gasteiger partial charge in [-0.15, -0.1) is 11.3 Å². The second kappa shape index (κ2) is 5.76. The first-order valence-electron chi connectivity index (χ1n) is 7.49. The van der Waals surface area contributed by atoms with E-state index in [0.29, 0.717) is 6.54 Å². The van der Waals surface area contributed by atoms with Crippen molar-refractivity contribution in [3.8, 4) is 0 Å². The summed E-state index contributed by atoms with van der Waals surface area (Å²) in [7, 11) is 0. The van der Waals surface area contributed by atoms with Gasteiger partial charge in [0.25, 0.3) is 5.91 Å². The quantitative estimate of drug-likeness (QED) is 0.855. The molecule has 0 spiro atoms. The second-order valence-corrected chi connectivity index (χ2v) is 7.10. The van der Waals surface area contributed by atoms with Crippen LogP contribution in [-0.4, -0.2) is 38.8 Å². The van der Waals surface area contributed by atoms with E-state index in [-0.39, 0.29) is 11.8 Å². The maximum atomic E-state index is 12.6. The Kier molecular flexibility index (Phi) is 3.95. The third kappa shape index (κ3) is 2.88. The number of hydrogen-bond donors (Lipinski definition) is 0. The number of carbonyl (C=O) groups is 1. The van der Waals surface area contributed by atoms with E-state index in [4.69, 9.17) is 0 Å². The molecule has 2 aromatic rings. The number of likely N-dealkylation sites (tertiary alicyclic amines) is 1. The molecule has 0 saturated carbocycles. The molecule has 0 N–H and O–H groups in total. The van der Waals surface area contributed by atoms with Crippen molar-refractivity contribution in [3.63, 3.8) is 0 Å². The number of aromatic nitrogens is 3. The van der Waals surface area contributed by atoms with Gasteiger partial charge in [-0.05, 0) is 40.2 Å². The van der Waals surface area contributed by atoms with Crippen LogP contribution in [0.25, 0.3) is 0 Å². The maximum Gasteiger partial charge on any atom is 0.265 e. The van der Waals surface area contributed by atoms with Crippen molar-refractivity contribution in [1.82, 2.24) is 19.9 Å². The van der Waals surface area contributed by atoms with E-state index in [1.165, 1.54) is 11.3 Å². The summed E-state index contributed by atoms with van der Waals surface area (Å²) in [5.74, 6) is 1.19. The van der Waals surface area contributed by atoms with Crippen LogP contribution in [0.15, 0.2) is 6.07 Å². The van der Waals surface area contributed by atoms with Crippen LogP contribution in [0.1, 0.15) is 49.9 Å². The minimum absolute atomic E-state index is 0.0926. The lowest BCUT2D eigenvalue weighted by Gasteiger charge is -2.15. The van der Waals surface area contributed by atoms with Gasteiger partial charge in [0.05, 0.1) is 10.7 Å². The molecule has 1 atom stereocenters. The van der Waals surface area contributed by atoms with Crippen LogP contribution in [0.3, 0.4) is 0 Å².